The fraction of sp³-hybridized carbons (Fsp3) is 0.381. The molecular formula is C21H29N3O3. The van der Waals surface area contributed by atoms with Gasteiger partial charge in [0.15, 0.2) is 5.96 Å². The molecule has 1 atom stereocenters. The van der Waals surface area contributed by atoms with Gasteiger partial charge in [-0.15, -0.1) is 0 Å². The topological polar surface area (TPSA) is 66.3 Å². The van der Waals surface area contributed by atoms with Crippen molar-refractivity contribution >= 4 is 5.96 Å². The Balaban J connectivity index is 2.04. The van der Waals surface area contributed by atoms with E-state index in [9.17, 15) is 5.11 Å². The zero-order valence-corrected chi connectivity index (χ0v) is 16.5. The number of hydrogen-bond donors (Lipinski definition) is 2. The minimum absolute atomic E-state index is 0.266. The second-order valence-electron chi connectivity index (χ2n) is 6.19. The number of benzene rings is 2. The summed E-state index contributed by atoms with van der Waals surface area (Å²) in [5.41, 5.74) is 1.93. The Labute approximate surface area is 161 Å². The number of ether oxygens (including phenoxy) is 2. The predicted molar refractivity (Wildman–Crippen MR) is 108 cm³/mol. The average molecular weight is 371 g/mol. The van der Waals surface area contributed by atoms with Crippen LogP contribution in [0.2, 0.25) is 0 Å². The van der Waals surface area contributed by atoms with Crippen LogP contribution in [0.25, 0.3) is 0 Å². The Kier molecular flexibility index (Phi) is 7.95. The molecule has 0 spiro atoms. The molecule has 0 saturated heterocycles. The molecule has 0 fully saturated rings. The van der Waals surface area contributed by atoms with Crippen LogP contribution >= 0.6 is 0 Å². The molecule has 0 amide bonds. The van der Waals surface area contributed by atoms with Crippen molar-refractivity contribution in [1.29, 1.82) is 0 Å². The lowest BCUT2D eigenvalue weighted by Gasteiger charge is -2.23. The third-order valence-corrected chi connectivity index (χ3v) is 4.17. The first-order valence-electron chi connectivity index (χ1n) is 9.01. The van der Waals surface area contributed by atoms with E-state index in [1.54, 1.807) is 14.2 Å². The number of rotatable bonds is 8. The maximum absolute atomic E-state index is 10.5. The van der Waals surface area contributed by atoms with Crippen LogP contribution in [0.15, 0.2) is 53.5 Å². The molecule has 0 aliphatic heterocycles. The monoisotopic (exact) mass is 371 g/mol. The summed E-state index contributed by atoms with van der Waals surface area (Å²) in [5.74, 6) is 2.30. The number of hydrogen-bond acceptors (Lipinski definition) is 4. The lowest BCUT2D eigenvalue weighted by atomic mass is 10.1. The van der Waals surface area contributed by atoms with Crippen LogP contribution in [0.5, 0.6) is 11.5 Å². The molecule has 0 radical (unpaired) electrons. The second kappa shape index (κ2) is 10.4. The van der Waals surface area contributed by atoms with E-state index in [-0.39, 0.29) is 6.54 Å². The van der Waals surface area contributed by atoms with E-state index in [0.717, 1.165) is 35.1 Å². The van der Waals surface area contributed by atoms with Crippen molar-refractivity contribution in [2.24, 2.45) is 4.99 Å². The van der Waals surface area contributed by atoms with Crippen LogP contribution in [0.1, 0.15) is 24.2 Å². The van der Waals surface area contributed by atoms with Gasteiger partial charge in [0.2, 0.25) is 0 Å². The fourth-order valence-electron chi connectivity index (χ4n) is 2.68. The van der Waals surface area contributed by atoms with Gasteiger partial charge in [0.05, 0.1) is 26.9 Å². The Morgan fingerprint density at radius 2 is 1.81 bits per heavy atom. The van der Waals surface area contributed by atoms with Gasteiger partial charge in [-0.25, -0.2) is 0 Å². The molecule has 6 heteroatoms. The predicted octanol–water partition coefficient (Wildman–Crippen LogP) is 2.83. The number of nitrogens with zero attached hydrogens (tertiary/aromatic N) is 2. The minimum Gasteiger partial charge on any atom is -0.497 e. The number of nitrogens with one attached hydrogen (secondary N) is 1. The van der Waals surface area contributed by atoms with Gasteiger partial charge in [-0.3, -0.25) is 4.99 Å². The highest BCUT2D eigenvalue weighted by atomic mass is 16.5. The first kappa shape index (κ1) is 20.6. The van der Waals surface area contributed by atoms with Crippen molar-refractivity contribution in [2.75, 3.05) is 34.4 Å². The van der Waals surface area contributed by atoms with E-state index in [1.807, 2.05) is 67.4 Å². The van der Waals surface area contributed by atoms with Gasteiger partial charge in [0, 0.05) is 20.1 Å². The van der Waals surface area contributed by atoms with Gasteiger partial charge in [-0.05, 0) is 42.3 Å². The minimum atomic E-state index is -0.692. The number of aliphatic hydroxyl groups is 1. The maximum atomic E-state index is 10.5. The van der Waals surface area contributed by atoms with E-state index in [2.05, 4.69) is 10.3 Å². The zero-order chi connectivity index (χ0) is 19.6. The number of aliphatic imine (C=N–C) groups is 1. The zero-order valence-electron chi connectivity index (χ0n) is 16.5. The maximum Gasteiger partial charge on any atom is 0.194 e. The van der Waals surface area contributed by atoms with E-state index >= 15 is 0 Å². The number of aliphatic hydroxyl groups excluding tert-OH is 1. The lowest BCUT2D eigenvalue weighted by molar-refractivity contribution is 0.186. The Morgan fingerprint density at radius 3 is 2.44 bits per heavy atom. The molecule has 146 valence electrons. The standard InChI is InChI=1S/C21H29N3O3/c1-5-22-21(24(2)15-16-9-11-18(26-3)12-10-16)23-14-20(25)17-7-6-8-19(13-17)27-4/h6-13,20,25H,5,14-15H2,1-4H3,(H,22,23). The summed E-state index contributed by atoms with van der Waals surface area (Å²) in [5, 5.41) is 13.7. The van der Waals surface area contributed by atoms with Crippen LogP contribution in [-0.4, -0.2) is 50.3 Å². The molecule has 0 bridgehead atoms. The molecule has 0 aromatic heterocycles. The lowest BCUT2D eigenvalue weighted by Crippen LogP contribution is -2.38. The van der Waals surface area contributed by atoms with Crippen LogP contribution in [0.4, 0.5) is 0 Å². The Bertz CT molecular complexity index is 732. The third-order valence-electron chi connectivity index (χ3n) is 4.17. The van der Waals surface area contributed by atoms with Crippen molar-refractivity contribution in [3.63, 3.8) is 0 Å². The Morgan fingerprint density at radius 1 is 1.11 bits per heavy atom. The van der Waals surface area contributed by atoms with Crippen molar-refractivity contribution in [3.05, 3.63) is 59.7 Å². The molecule has 0 aliphatic rings. The number of methoxy groups -OCH3 is 2. The summed E-state index contributed by atoms with van der Waals surface area (Å²) in [4.78, 5) is 6.62. The first-order chi connectivity index (χ1) is 13.1. The molecule has 2 N–H and O–H groups in total. The summed E-state index contributed by atoms with van der Waals surface area (Å²) in [6, 6.07) is 15.4. The van der Waals surface area contributed by atoms with Gasteiger partial charge >= 0.3 is 0 Å². The van der Waals surface area contributed by atoms with E-state index in [1.165, 1.54) is 0 Å². The van der Waals surface area contributed by atoms with Gasteiger partial charge in [-0.1, -0.05) is 24.3 Å². The van der Waals surface area contributed by atoms with Crippen molar-refractivity contribution < 1.29 is 14.6 Å². The molecule has 0 heterocycles. The quantitative estimate of drug-likeness (QED) is 0.552. The molecule has 0 saturated carbocycles. The summed E-state index contributed by atoms with van der Waals surface area (Å²) in [7, 11) is 5.25. The largest absolute Gasteiger partial charge is 0.497 e. The second-order valence-corrected chi connectivity index (χ2v) is 6.19. The first-order valence-corrected chi connectivity index (χ1v) is 9.01. The van der Waals surface area contributed by atoms with Crippen LogP contribution in [0, 0.1) is 0 Å². The van der Waals surface area contributed by atoms with Gasteiger partial charge < -0.3 is 24.8 Å². The highest BCUT2D eigenvalue weighted by molar-refractivity contribution is 5.79. The summed E-state index contributed by atoms with van der Waals surface area (Å²) >= 11 is 0. The van der Waals surface area contributed by atoms with Crippen molar-refractivity contribution in [2.45, 2.75) is 19.6 Å². The molecule has 1 unspecified atom stereocenters. The molecule has 6 nitrogen and oxygen atoms in total. The molecule has 0 aliphatic carbocycles. The Hall–Kier alpha value is -2.73. The van der Waals surface area contributed by atoms with Gasteiger partial charge in [-0.2, -0.15) is 0 Å². The molecular weight excluding hydrogens is 342 g/mol. The van der Waals surface area contributed by atoms with Gasteiger partial charge in [0.1, 0.15) is 11.5 Å². The summed E-state index contributed by atoms with van der Waals surface area (Å²) in [6.07, 6.45) is -0.692. The molecule has 2 aromatic carbocycles. The van der Waals surface area contributed by atoms with Crippen LogP contribution in [0.3, 0.4) is 0 Å². The van der Waals surface area contributed by atoms with Crippen LogP contribution in [-0.2, 0) is 6.54 Å². The van der Waals surface area contributed by atoms with E-state index < -0.39 is 6.10 Å². The van der Waals surface area contributed by atoms with Crippen molar-refractivity contribution in [3.8, 4) is 11.5 Å². The third kappa shape index (κ3) is 6.18. The highest BCUT2D eigenvalue weighted by Crippen LogP contribution is 2.19. The molecule has 2 aromatic rings. The van der Waals surface area contributed by atoms with E-state index in [4.69, 9.17) is 9.47 Å². The number of guanidine groups is 1. The molecule has 2 rings (SSSR count). The average Bonchev–Trinajstić information content (AvgIpc) is 2.71. The highest BCUT2D eigenvalue weighted by Gasteiger charge is 2.11. The normalized spacial score (nSPS) is 12.4. The van der Waals surface area contributed by atoms with Crippen molar-refractivity contribution in [1.82, 2.24) is 10.2 Å². The SMILES string of the molecule is CCNC(=NCC(O)c1cccc(OC)c1)N(C)Cc1ccc(OC)cc1. The van der Waals surface area contributed by atoms with Crippen LogP contribution < -0.4 is 14.8 Å². The molecule has 27 heavy (non-hydrogen) atoms. The summed E-state index contributed by atoms with van der Waals surface area (Å²) in [6.45, 7) is 3.74. The van der Waals surface area contributed by atoms with Gasteiger partial charge in [0.25, 0.3) is 0 Å². The fourth-order valence-corrected chi connectivity index (χ4v) is 2.68. The van der Waals surface area contributed by atoms with E-state index in [0.29, 0.717) is 6.54 Å². The smallest absolute Gasteiger partial charge is 0.194 e. The summed E-state index contributed by atoms with van der Waals surface area (Å²) < 4.78 is 10.4.